The molecule has 17 heavy (non-hydrogen) atoms. The van der Waals surface area contributed by atoms with Crippen LogP contribution < -0.4 is 5.32 Å². The van der Waals surface area contributed by atoms with Gasteiger partial charge < -0.3 is 15.2 Å². The van der Waals surface area contributed by atoms with Crippen LogP contribution in [0, 0.1) is 5.92 Å². The van der Waals surface area contributed by atoms with Crippen molar-refractivity contribution in [2.45, 2.75) is 25.5 Å². The van der Waals surface area contributed by atoms with E-state index in [9.17, 15) is 5.11 Å². The molecule has 0 aromatic carbocycles. The van der Waals surface area contributed by atoms with E-state index in [0.717, 1.165) is 18.2 Å². The molecule has 1 fully saturated rings. The fourth-order valence-electron chi connectivity index (χ4n) is 1.50. The topological polar surface area (TPSA) is 67.3 Å². The third kappa shape index (κ3) is 5.21. The summed E-state index contributed by atoms with van der Waals surface area (Å²) in [6, 6.07) is 1.85. The van der Waals surface area contributed by atoms with Crippen LogP contribution in [0.15, 0.2) is 18.6 Å². The normalized spacial score (nSPS) is 17.0. The zero-order chi connectivity index (χ0) is 11.9. The van der Waals surface area contributed by atoms with Crippen molar-refractivity contribution in [1.29, 1.82) is 0 Å². The van der Waals surface area contributed by atoms with E-state index in [4.69, 9.17) is 4.74 Å². The maximum atomic E-state index is 9.64. The molecule has 1 atom stereocenters. The maximum Gasteiger partial charge on any atom is 0.115 e. The largest absolute Gasteiger partial charge is 0.389 e. The molecule has 5 nitrogen and oxygen atoms in total. The van der Waals surface area contributed by atoms with Gasteiger partial charge in [0, 0.05) is 25.9 Å². The first-order chi connectivity index (χ1) is 8.34. The Morgan fingerprint density at radius 2 is 2.41 bits per heavy atom. The minimum atomic E-state index is -0.449. The van der Waals surface area contributed by atoms with Gasteiger partial charge in [0.05, 0.1) is 18.4 Å². The number of aliphatic hydroxyl groups excluding tert-OH is 1. The van der Waals surface area contributed by atoms with Crippen LogP contribution in [0.4, 0.5) is 0 Å². The molecule has 1 heterocycles. The van der Waals surface area contributed by atoms with E-state index in [0.29, 0.717) is 19.7 Å². The monoisotopic (exact) mass is 237 g/mol. The molecule has 1 aromatic rings. The van der Waals surface area contributed by atoms with Crippen LogP contribution in [0.25, 0.3) is 0 Å². The molecule has 1 unspecified atom stereocenters. The first-order valence-corrected chi connectivity index (χ1v) is 6.06. The predicted molar refractivity (Wildman–Crippen MR) is 63.3 cm³/mol. The van der Waals surface area contributed by atoms with Crippen LogP contribution in [0.5, 0.6) is 0 Å². The van der Waals surface area contributed by atoms with Crippen LogP contribution in [0.3, 0.4) is 0 Å². The summed E-state index contributed by atoms with van der Waals surface area (Å²) in [4.78, 5) is 7.93. The van der Waals surface area contributed by atoms with Crippen molar-refractivity contribution in [2.24, 2.45) is 5.92 Å². The summed E-state index contributed by atoms with van der Waals surface area (Å²) in [5.41, 5.74) is 0.922. The molecule has 2 N–H and O–H groups in total. The number of nitrogens with one attached hydrogen (secondary N) is 1. The van der Waals surface area contributed by atoms with Crippen molar-refractivity contribution >= 4 is 0 Å². The summed E-state index contributed by atoms with van der Waals surface area (Å²) in [6.45, 7) is 2.37. The Labute approximate surface area is 101 Å². The Hall–Kier alpha value is -1.04. The zero-order valence-corrected chi connectivity index (χ0v) is 9.88. The van der Waals surface area contributed by atoms with E-state index >= 15 is 0 Å². The molecule has 0 amide bonds. The summed E-state index contributed by atoms with van der Waals surface area (Å²) in [5, 5.41) is 12.8. The van der Waals surface area contributed by atoms with Gasteiger partial charge in [0.25, 0.3) is 0 Å². The Bertz CT molecular complexity index is 317. The van der Waals surface area contributed by atoms with Crippen LogP contribution in [0.2, 0.25) is 0 Å². The van der Waals surface area contributed by atoms with Crippen molar-refractivity contribution in [3.05, 3.63) is 24.3 Å². The fraction of sp³-hybridized carbons (Fsp3) is 0.667. The Morgan fingerprint density at radius 3 is 3.12 bits per heavy atom. The quantitative estimate of drug-likeness (QED) is 0.683. The molecular weight excluding hydrogens is 218 g/mol. The van der Waals surface area contributed by atoms with Gasteiger partial charge in [-0.2, -0.15) is 0 Å². The summed E-state index contributed by atoms with van der Waals surface area (Å²) < 4.78 is 5.41. The molecule has 1 aliphatic carbocycles. The number of aliphatic hydroxyl groups is 1. The van der Waals surface area contributed by atoms with E-state index < -0.39 is 6.10 Å². The summed E-state index contributed by atoms with van der Waals surface area (Å²) in [5.74, 6) is 0.746. The number of hydrogen-bond acceptors (Lipinski definition) is 5. The van der Waals surface area contributed by atoms with Gasteiger partial charge in [-0.3, -0.25) is 0 Å². The molecule has 94 valence electrons. The molecule has 0 spiro atoms. The van der Waals surface area contributed by atoms with Crippen molar-refractivity contribution in [2.75, 3.05) is 19.8 Å². The van der Waals surface area contributed by atoms with Gasteiger partial charge in [-0.1, -0.05) is 0 Å². The highest BCUT2D eigenvalue weighted by molar-refractivity contribution is 4.96. The number of ether oxygens (including phenoxy) is 1. The molecule has 0 aliphatic heterocycles. The summed E-state index contributed by atoms with van der Waals surface area (Å²) in [7, 11) is 0. The second kappa shape index (κ2) is 6.64. The lowest BCUT2D eigenvalue weighted by Gasteiger charge is -2.11. The highest BCUT2D eigenvalue weighted by atomic mass is 16.5. The smallest absolute Gasteiger partial charge is 0.115 e. The van der Waals surface area contributed by atoms with Crippen LogP contribution in [-0.2, 0) is 11.3 Å². The van der Waals surface area contributed by atoms with Gasteiger partial charge in [0.15, 0.2) is 0 Å². The lowest BCUT2D eigenvalue weighted by atomic mass is 10.3. The van der Waals surface area contributed by atoms with Gasteiger partial charge in [0.2, 0.25) is 0 Å². The second-order valence-corrected chi connectivity index (χ2v) is 4.47. The van der Waals surface area contributed by atoms with E-state index in [1.807, 2.05) is 6.07 Å². The average Bonchev–Trinajstić information content (AvgIpc) is 3.14. The van der Waals surface area contributed by atoms with Crippen molar-refractivity contribution < 1.29 is 9.84 Å². The summed E-state index contributed by atoms with van der Waals surface area (Å²) in [6.07, 6.45) is 5.34. The Balaban J connectivity index is 1.51. The Morgan fingerprint density at radius 1 is 1.53 bits per heavy atom. The average molecular weight is 237 g/mol. The van der Waals surface area contributed by atoms with Gasteiger partial charge in [-0.15, -0.1) is 0 Å². The minimum Gasteiger partial charge on any atom is -0.389 e. The molecular formula is C12H19N3O2. The molecule has 1 aromatic heterocycles. The molecule has 1 aliphatic rings. The lowest BCUT2D eigenvalue weighted by Crippen LogP contribution is -2.30. The first-order valence-electron chi connectivity index (χ1n) is 6.06. The van der Waals surface area contributed by atoms with Crippen LogP contribution in [-0.4, -0.2) is 40.9 Å². The van der Waals surface area contributed by atoms with Gasteiger partial charge in [-0.25, -0.2) is 9.97 Å². The zero-order valence-electron chi connectivity index (χ0n) is 9.88. The van der Waals surface area contributed by atoms with Crippen LogP contribution >= 0.6 is 0 Å². The SMILES string of the molecule is OC(CNCc1ccncn1)COCC1CC1. The van der Waals surface area contributed by atoms with Gasteiger partial charge >= 0.3 is 0 Å². The number of aromatic nitrogens is 2. The molecule has 5 heteroatoms. The van der Waals surface area contributed by atoms with Gasteiger partial charge in [-0.05, 0) is 24.8 Å². The second-order valence-electron chi connectivity index (χ2n) is 4.47. The first kappa shape index (κ1) is 12.4. The molecule has 0 saturated heterocycles. The van der Waals surface area contributed by atoms with Crippen molar-refractivity contribution in [3.63, 3.8) is 0 Å². The third-order valence-electron chi connectivity index (χ3n) is 2.69. The van der Waals surface area contributed by atoms with E-state index in [2.05, 4.69) is 15.3 Å². The maximum absolute atomic E-state index is 9.64. The number of rotatable bonds is 8. The lowest BCUT2D eigenvalue weighted by molar-refractivity contribution is 0.0324. The van der Waals surface area contributed by atoms with Crippen molar-refractivity contribution in [1.82, 2.24) is 15.3 Å². The van der Waals surface area contributed by atoms with Crippen molar-refractivity contribution in [3.8, 4) is 0 Å². The van der Waals surface area contributed by atoms with Gasteiger partial charge in [0.1, 0.15) is 6.33 Å². The van der Waals surface area contributed by atoms with E-state index in [-0.39, 0.29) is 0 Å². The molecule has 0 radical (unpaired) electrons. The third-order valence-corrected chi connectivity index (χ3v) is 2.69. The number of hydrogen-bond donors (Lipinski definition) is 2. The molecule has 1 saturated carbocycles. The van der Waals surface area contributed by atoms with E-state index in [1.54, 1.807) is 6.20 Å². The highest BCUT2D eigenvalue weighted by Gasteiger charge is 2.21. The fourth-order valence-corrected chi connectivity index (χ4v) is 1.50. The minimum absolute atomic E-state index is 0.410. The summed E-state index contributed by atoms with van der Waals surface area (Å²) >= 11 is 0. The highest BCUT2D eigenvalue weighted by Crippen LogP contribution is 2.28. The standard InChI is InChI=1S/C12H19N3O2/c16-12(8-17-7-10-1-2-10)6-14-5-11-3-4-13-9-15-11/h3-4,9-10,12,14,16H,1-2,5-8H2. The Kier molecular flexibility index (Phi) is 4.85. The predicted octanol–water partition coefficient (Wildman–Crippen LogP) is 0.354. The molecule has 0 bridgehead atoms. The molecule has 2 rings (SSSR count). The van der Waals surface area contributed by atoms with Crippen LogP contribution in [0.1, 0.15) is 18.5 Å². The number of nitrogens with zero attached hydrogens (tertiary/aromatic N) is 2. The van der Waals surface area contributed by atoms with E-state index in [1.165, 1.54) is 19.2 Å².